The van der Waals surface area contributed by atoms with Crippen LogP contribution in [0.15, 0.2) is 36.4 Å². The van der Waals surface area contributed by atoms with E-state index in [-0.39, 0.29) is 5.75 Å². The number of rotatable bonds is 2. The SMILES string of the molecule is CC(C)(C(=O)O)c1cccc2ccc(O)cc12. The van der Waals surface area contributed by atoms with Gasteiger partial charge in [-0.3, -0.25) is 4.79 Å². The summed E-state index contributed by atoms with van der Waals surface area (Å²) in [5, 5.41) is 20.5. The minimum atomic E-state index is -0.979. The number of hydrogen-bond acceptors (Lipinski definition) is 2. The molecule has 3 nitrogen and oxygen atoms in total. The molecule has 0 aliphatic heterocycles. The van der Waals surface area contributed by atoms with Crippen molar-refractivity contribution in [3.05, 3.63) is 42.0 Å². The van der Waals surface area contributed by atoms with Crippen LogP contribution in [-0.4, -0.2) is 16.2 Å². The third kappa shape index (κ3) is 1.84. The summed E-state index contributed by atoms with van der Waals surface area (Å²) in [6.45, 7) is 3.32. The van der Waals surface area contributed by atoms with Gasteiger partial charge in [0.05, 0.1) is 5.41 Å². The molecule has 2 rings (SSSR count). The van der Waals surface area contributed by atoms with E-state index in [0.29, 0.717) is 5.56 Å². The molecule has 0 aromatic heterocycles. The number of carboxylic acids is 1. The lowest BCUT2D eigenvalue weighted by atomic mass is 9.82. The average molecular weight is 230 g/mol. The molecule has 0 aliphatic carbocycles. The number of aliphatic carboxylic acids is 1. The molecule has 17 heavy (non-hydrogen) atoms. The Morgan fingerprint density at radius 2 is 1.88 bits per heavy atom. The summed E-state index contributed by atoms with van der Waals surface area (Å²) >= 11 is 0. The Kier molecular flexibility index (Phi) is 2.54. The summed E-state index contributed by atoms with van der Waals surface area (Å²) in [5.41, 5.74) is -0.272. The number of phenolic OH excluding ortho intramolecular Hbond substituents is 1. The summed E-state index contributed by atoms with van der Waals surface area (Å²) in [6, 6.07) is 10.5. The second kappa shape index (κ2) is 3.77. The van der Waals surface area contributed by atoms with E-state index in [1.54, 1.807) is 38.1 Å². The van der Waals surface area contributed by atoms with Gasteiger partial charge in [-0.1, -0.05) is 24.3 Å². The molecule has 0 spiro atoms. The molecule has 0 heterocycles. The first kappa shape index (κ1) is 11.5. The molecule has 3 heteroatoms. The van der Waals surface area contributed by atoms with Crippen LogP contribution < -0.4 is 0 Å². The van der Waals surface area contributed by atoms with Gasteiger partial charge in [0.2, 0.25) is 0 Å². The van der Waals surface area contributed by atoms with Crippen LogP contribution in [-0.2, 0) is 10.2 Å². The van der Waals surface area contributed by atoms with Crippen molar-refractivity contribution in [2.75, 3.05) is 0 Å². The van der Waals surface area contributed by atoms with Gasteiger partial charge in [-0.15, -0.1) is 0 Å². The first-order valence-corrected chi connectivity index (χ1v) is 5.38. The second-order valence-electron chi connectivity index (χ2n) is 4.64. The molecule has 2 aromatic rings. The molecule has 2 N–H and O–H groups in total. The second-order valence-corrected chi connectivity index (χ2v) is 4.64. The quantitative estimate of drug-likeness (QED) is 0.834. The van der Waals surface area contributed by atoms with Crippen LogP contribution in [0.5, 0.6) is 5.75 Å². The number of carboxylic acid groups (broad SMARTS) is 1. The Labute approximate surface area is 99.3 Å². The molecule has 0 aliphatic rings. The van der Waals surface area contributed by atoms with Crippen LogP contribution in [0.4, 0.5) is 0 Å². The molecule has 0 amide bonds. The van der Waals surface area contributed by atoms with Crippen molar-refractivity contribution in [2.24, 2.45) is 0 Å². The van der Waals surface area contributed by atoms with Crippen LogP contribution in [0.2, 0.25) is 0 Å². The number of fused-ring (bicyclic) bond motifs is 1. The summed E-state index contributed by atoms with van der Waals surface area (Å²) in [5.74, 6) is -0.737. The molecule has 0 bridgehead atoms. The van der Waals surface area contributed by atoms with Gasteiger partial charge in [-0.05, 0) is 42.3 Å². The van der Waals surface area contributed by atoms with Gasteiger partial charge in [0, 0.05) is 0 Å². The van der Waals surface area contributed by atoms with Crippen molar-refractivity contribution in [3.8, 4) is 5.75 Å². The Morgan fingerprint density at radius 1 is 1.18 bits per heavy atom. The Hall–Kier alpha value is -2.03. The van der Waals surface area contributed by atoms with Crippen LogP contribution in [0.1, 0.15) is 19.4 Å². The Morgan fingerprint density at radius 3 is 2.53 bits per heavy atom. The van der Waals surface area contributed by atoms with E-state index >= 15 is 0 Å². The number of aromatic hydroxyl groups is 1. The summed E-state index contributed by atoms with van der Waals surface area (Å²) in [4.78, 5) is 11.3. The van der Waals surface area contributed by atoms with E-state index in [0.717, 1.165) is 10.8 Å². The fourth-order valence-electron chi connectivity index (χ4n) is 1.92. The van der Waals surface area contributed by atoms with E-state index in [4.69, 9.17) is 0 Å². The van der Waals surface area contributed by atoms with Gasteiger partial charge >= 0.3 is 5.97 Å². The molecule has 88 valence electrons. The molecule has 0 radical (unpaired) electrons. The molecule has 0 unspecified atom stereocenters. The zero-order valence-corrected chi connectivity index (χ0v) is 9.77. The third-order valence-corrected chi connectivity index (χ3v) is 3.07. The van der Waals surface area contributed by atoms with E-state index in [9.17, 15) is 15.0 Å². The van der Waals surface area contributed by atoms with E-state index < -0.39 is 11.4 Å². The van der Waals surface area contributed by atoms with Gasteiger partial charge in [-0.2, -0.15) is 0 Å². The Balaban J connectivity index is 2.78. The lowest BCUT2D eigenvalue weighted by molar-refractivity contribution is -0.142. The molecule has 0 fully saturated rings. The van der Waals surface area contributed by atoms with Gasteiger partial charge in [0.1, 0.15) is 5.75 Å². The summed E-state index contributed by atoms with van der Waals surface area (Å²) in [6.07, 6.45) is 0. The number of hydrogen-bond donors (Lipinski definition) is 2. The highest BCUT2D eigenvalue weighted by atomic mass is 16.4. The maximum absolute atomic E-state index is 11.3. The van der Waals surface area contributed by atoms with Crippen LogP contribution >= 0.6 is 0 Å². The summed E-state index contributed by atoms with van der Waals surface area (Å²) < 4.78 is 0. The van der Waals surface area contributed by atoms with Gasteiger partial charge in [0.15, 0.2) is 0 Å². The molecule has 2 aromatic carbocycles. The fraction of sp³-hybridized carbons (Fsp3) is 0.214. The lowest BCUT2D eigenvalue weighted by Crippen LogP contribution is -2.28. The van der Waals surface area contributed by atoms with E-state index in [1.165, 1.54) is 0 Å². The minimum absolute atomic E-state index is 0.145. The highest BCUT2D eigenvalue weighted by Gasteiger charge is 2.30. The Bertz CT molecular complexity index is 585. The van der Waals surface area contributed by atoms with Crippen molar-refractivity contribution in [2.45, 2.75) is 19.3 Å². The first-order chi connectivity index (χ1) is 7.93. The van der Waals surface area contributed by atoms with E-state index in [2.05, 4.69) is 0 Å². The van der Waals surface area contributed by atoms with Crippen molar-refractivity contribution in [3.63, 3.8) is 0 Å². The molecule has 0 atom stereocenters. The average Bonchev–Trinajstić information content (AvgIpc) is 2.27. The zero-order chi connectivity index (χ0) is 12.6. The topological polar surface area (TPSA) is 57.5 Å². The molecule has 0 saturated carbocycles. The highest BCUT2D eigenvalue weighted by Crippen LogP contribution is 2.32. The van der Waals surface area contributed by atoms with Crippen LogP contribution in [0.25, 0.3) is 10.8 Å². The van der Waals surface area contributed by atoms with Gasteiger partial charge < -0.3 is 10.2 Å². The van der Waals surface area contributed by atoms with Crippen molar-refractivity contribution in [1.29, 1.82) is 0 Å². The zero-order valence-electron chi connectivity index (χ0n) is 9.77. The minimum Gasteiger partial charge on any atom is -0.508 e. The normalized spacial score (nSPS) is 11.6. The maximum Gasteiger partial charge on any atom is 0.313 e. The number of benzene rings is 2. The van der Waals surface area contributed by atoms with Gasteiger partial charge in [0.25, 0.3) is 0 Å². The molecule has 0 saturated heterocycles. The first-order valence-electron chi connectivity index (χ1n) is 5.38. The van der Waals surface area contributed by atoms with Crippen molar-refractivity contribution < 1.29 is 15.0 Å². The fourth-order valence-corrected chi connectivity index (χ4v) is 1.92. The smallest absolute Gasteiger partial charge is 0.313 e. The van der Waals surface area contributed by atoms with Crippen LogP contribution in [0.3, 0.4) is 0 Å². The standard InChI is InChI=1S/C14H14O3/c1-14(2,13(16)17)12-5-3-4-9-6-7-10(15)8-11(9)12/h3-8,15H,1-2H3,(H,16,17). The number of phenols is 1. The van der Waals surface area contributed by atoms with Gasteiger partial charge in [-0.25, -0.2) is 0 Å². The monoisotopic (exact) mass is 230 g/mol. The third-order valence-electron chi connectivity index (χ3n) is 3.07. The molecular weight excluding hydrogens is 216 g/mol. The van der Waals surface area contributed by atoms with E-state index in [1.807, 2.05) is 12.1 Å². The maximum atomic E-state index is 11.3. The number of carbonyl (C=O) groups is 1. The van der Waals surface area contributed by atoms with Crippen LogP contribution in [0, 0.1) is 0 Å². The predicted molar refractivity (Wildman–Crippen MR) is 66.3 cm³/mol. The van der Waals surface area contributed by atoms with Crippen molar-refractivity contribution >= 4 is 16.7 Å². The lowest BCUT2D eigenvalue weighted by Gasteiger charge is -2.21. The largest absolute Gasteiger partial charge is 0.508 e. The van der Waals surface area contributed by atoms with Crippen molar-refractivity contribution in [1.82, 2.24) is 0 Å². The highest BCUT2D eigenvalue weighted by molar-refractivity contribution is 5.93. The molecular formula is C14H14O3. The predicted octanol–water partition coefficient (Wildman–Crippen LogP) is 2.91. The summed E-state index contributed by atoms with van der Waals surface area (Å²) in [7, 11) is 0.